The lowest BCUT2D eigenvalue weighted by molar-refractivity contribution is -0.123. The normalized spacial score (nSPS) is 14.5. The molecule has 3 rings (SSSR count). The minimum Gasteiger partial charge on any atom is -0.484 e. The van der Waals surface area contributed by atoms with E-state index in [4.69, 9.17) is 33.0 Å². The Kier molecular flexibility index (Phi) is 6.87. The Labute approximate surface area is 179 Å². The van der Waals surface area contributed by atoms with Crippen molar-refractivity contribution in [2.75, 3.05) is 24.6 Å². The number of carboxylic acid groups (broad SMARTS) is 1. The first-order valence-electron chi connectivity index (χ1n) is 9.30. The molecule has 0 radical (unpaired) electrons. The van der Waals surface area contributed by atoms with E-state index in [9.17, 15) is 9.59 Å². The van der Waals surface area contributed by atoms with Crippen molar-refractivity contribution in [3.05, 3.63) is 57.6 Å². The first kappa shape index (κ1) is 21.3. The summed E-state index contributed by atoms with van der Waals surface area (Å²) in [7, 11) is 0. The van der Waals surface area contributed by atoms with Gasteiger partial charge in [-0.15, -0.1) is 0 Å². The lowest BCUT2D eigenvalue weighted by atomic mass is 10.0. The van der Waals surface area contributed by atoms with E-state index in [1.165, 1.54) is 24.3 Å². The van der Waals surface area contributed by atoms with E-state index in [0.717, 1.165) is 37.2 Å². The predicted octanol–water partition coefficient (Wildman–Crippen LogP) is 4.16. The van der Waals surface area contributed by atoms with Crippen LogP contribution in [0.25, 0.3) is 0 Å². The number of carbonyl (C=O) groups is 2. The van der Waals surface area contributed by atoms with E-state index in [-0.39, 0.29) is 24.1 Å². The molecule has 1 heterocycles. The van der Waals surface area contributed by atoms with Crippen LogP contribution in [0.1, 0.15) is 28.8 Å². The second-order valence-electron chi connectivity index (χ2n) is 6.97. The Hall–Kier alpha value is -2.44. The van der Waals surface area contributed by atoms with Crippen molar-refractivity contribution in [3.63, 3.8) is 0 Å². The molecule has 0 unspecified atom stereocenters. The van der Waals surface area contributed by atoms with Crippen LogP contribution in [0.3, 0.4) is 0 Å². The van der Waals surface area contributed by atoms with Crippen molar-refractivity contribution in [2.24, 2.45) is 0 Å². The molecule has 2 aromatic rings. The number of hydrogen-bond donors (Lipinski definition) is 2. The van der Waals surface area contributed by atoms with Gasteiger partial charge in [0.1, 0.15) is 5.75 Å². The fraction of sp³-hybridized carbons (Fsp3) is 0.333. The van der Waals surface area contributed by atoms with Crippen molar-refractivity contribution >= 4 is 40.8 Å². The Morgan fingerprint density at radius 1 is 1.14 bits per heavy atom. The summed E-state index contributed by atoms with van der Waals surface area (Å²) in [6.45, 7) is 3.42. The van der Waals surface area contributed by atoms with Crippen LogP contribution in [0.2, 0.25) is 10.0 Å². The van der Waals surface area contributed by atoms with E-state index in [2.05, 4.69) is 10.2 Å². The lowest BCUT2D eigenvalue weighted by Gasteiger charge is -2.35. The van der Waals surface area contributed by atoms with Gasteiger partial charge in [-0.1, -0.05) is 29.3 Å². The number of carbonyl (C=O) groups excluding carboxylic acids is 1. The average molecular weight is 437 g/mol. The third-order valence-corrected chi connectivity index (χ3v) is 5.71. The molecular formula is C21H22Cl2N2O4. The molecule has 6 nitrogen and oxygen atoms in total. The van der Waals surface area contributed by atoms with Gasteiger partial charge in [0.05, 0.1) is 21.3 Å². The summed E-state index contributed by atoms with van der Waals surface area (Å²) in [5.41, 5.74) is 2.20. The second kappa shape index (κ2) is 9.37. The molecule has 8 heteroatoms. The van der Waals surface area contributed by atoms with E-state index in [1.54, 1.807) is 6.07 Å². The first-order chi connectivity index (χ1) is 13.8. The largest absolute Gasteiger partial charge is 0.484 e. The number of rotatable bonds is 6. The van der Waals surface area contributed by atoms with Crippen LogP contribution < -0.4 is 15.0 Å². The molecule has 0 atom stereocenters. The number of halogens is 2. The number of aryl methyl sites for hydroxylation is 1. The number of anilines is 1. The summed E-state index contributed by atoms with van der Waals surface area (Å²) < 4.78 is 5.43. The fourth-order valence-electron chi connectivity index (χ4n) is 3.38. The van der Waals surface area contributed by atoms with Gasteiger partial charge in [-0.2, -0.15) is 0 Å². The minimum atomic E-state index is -1.00. The van der Waals surface area contributed by atoms with Gasteiger partial charge < -0.3 is 20.1 Å². The van der Waals surface area contributed by atoms with Gasteiger partial charge in [0, 0.05) is 19.1 Å². The molecular weight excluding hydrogens is 415 g/mol. The number of ether oxygens (including phenoxy) is 1. The standard InChI is InChI=1S/C21H22Cl2N2O4/c1-13-2-7-17(22)19(23)20(13)25-10-8-15(9-11-25)24-18(26)12-29-16-5-3-14(4-6-16)21(27)28/h2-7,15H,8-12H2,1H3,(H,24,26)(H,27,28). The highest BCUT2D eigenvalue weighted by atomic mass is 35.5. The van der Waals surface area contributed by atoms with Gasteiger partial charge in [0.15, 0.2) is 6.61 Å². The van der Waals surface area contributed by atoms with Crippen LogP contribution in [-0.4, -0.2) is 42.7 Å². The van der Waals surface area contributed by atoms with Crippen molar-refractivity contribution < 1.29 is 19.4 Å². The predicted molar refractivity (Wildman–Crippen MR) is 113 cm³/mol. The number of nitrogens with one attached hydrogen (secondary N) is 1. The summed E-state index contributed by atoms with van der Waals surface area (Å²) in [5.74, 6) is -0.760. The van der Waals surface area contributed by atoms with E-state index < -0.39 is 5.97 Å². The number of nitrogens with zero attached hydrogens (tertiary/aromatic N) is 1. The molecule has 2 aromatic carbocycles. The molecule has 1 aliphatic heterocycles. The van der Waals surface area contributed by atoms with Gasteiger partial charge in [-0.3, -0.25) is 4.79 Å². The Morgan fingerprint density at radius 2 is 1.79 bits per heavy atom. The van der Waals surface area contributed by atoms with E-state index in [0.29, 0.717) is 15.8 Å². The quantitative estimate of drug-likeness (QED) is 0.710. The smallest absolute Gasteiger partial charge is 0.335 e. The van der Waals surface area contributed by atoms with E-state index >= 15 is 0 Å². The molecule has 0 bridgehead atoms. The Morgan fingerprint density at radius 3 is 2.41 bits per heavy atom. The number of piperidine rings is 1. The topological polar surface area (TPSA) is 78.9 Å². The number of benzene rings is 2. The summed E-state index contributed by atoms with van der Waals surface area (Å²) in [6, 6.07) is 9.76. The summed E-state index contributed by atoms with van der Waals surface area (Å²) in [6.07, 6.45) is 1.59. The third-order valence-electron chi connectivity index (χ3n) is 4.92. The third kappa shape index (κ3) is 5.34. The van der Waals surface area contributed by atoms with Crippen molar-refractivity contribution in [3.8, 4) is 5.75 Å². The lowest BCUT2D eigenvalue weighted by Crippen LogP contribution is -2.46. The number of amides is 1. The maximum Gasteiger partial charge on any atom is 0.335 e. The molecule has 1 fully saturated rings. The number of hydrogen-bond acceptors (Lipinski definition) is 4. The molecule has 1 saturated heterocycles. The Balaban J connectivity index is 1.47. The SMILES string of the molecule is Cc1ccc(Cl)c(Cl)c1N1CCC(NC(=O)COc2ccc(C(=O)O)cc2)CC1. The van der Waals surface area contributed by atoms with Gasteiger partial charge >= 0.3 is 5.97 Å². The molecule has 1 amide bonds. The molecule has 0 saturated carbocycles. The molecule has 29 heavy (non-hydrogen) atoms. The highest BCUT2D eigenvalue weighted by Gasteiger charge is 2.24. The Bertz CT molecular complexity index is 894. The highest BCUT2D eigenvalue weighted by molar-refractivity contribution is 6.43. The van der Waals surface area contributed by atoms with Gasteiger partial charge in [-0.05, 0) is 55.7 Å². The maximum absolute atomic E-state index is 12.2. The van der Waals surface area contributed by atoms with Crippen molar-refractivity contribution in [2.45, 2.75) is 25.8 Å². The zero-order valence-electron chi connectivity index (χ0n) is 16.0. The van der Waals surface area contributed by atoms with Gasteiger partial charge in [0.25, 0.3) is 5.91 Å². The zero-order chi connectivity index (χ0) is 21.0. The summed E-state index contributed by atoms with van der Waals surface area (Å²) in [4.78, 5) is 25.2. The summed E-state index contributed by atoms with van der Waals surface area (Å²) in [5, 5.41) is 13.0. The van der Waals surface area contributed by atoms with Crippen LogP contribution in [0.15, 0.2) is 36.4 Å². The molecule has 0 aliphatic carbocycles. The van der Waals surface area contributed by atoms with Gasteiger partial charge in [-0.25, -0.2) is 4.79 Å². The fourth-order valence-corrected chi connectivity index (χ4v) is 3.87. The van der Waals surface area contributed by atoms with Crippen molar-refractivity contribution in [1.82, 2.24) is 5.32 Å². The van der Waals surface area contributed by atoms with E-state index in [1.807, 2.05) is 13.0 Å². The number of aromatic carboxylic acids is 1. The molecule has 2 N–H and O–H groups in total. The van der Waals surface area contributed by atoms with Crippen LogP contribution in [0, 0.1) is 6.92 Å². The van der Waals surface area contributed by atoms with Gasteiger partial charge in [0.2, 0.25) is 0 Å². The summed E-state index contributed by atoms with van der Waals surface area (Å²) >= 11 is 12.5. The van der Waals surface area contributed by atoms with Crippen LogP contribution >= 0.6 is 23.2 Å². The van der Waals surface area contributed by atoms with Crippen LogP contribution in [0.4, 0.5) is 5.69 Å². The zero-order valence-corrected chi connectivity index (χ0v) is 17.5. The van der Waals surface area contributed by atoms with Crippen LogP contribution in [-0.2, 0) is 4.79 Å². The second-order valence-corrected chi connectivity index (χ2v) is 7.76. The molecule has 154 valence electrons. The molecule has 0 aromatic heterocycles. The van der Waals surface area contributed by atoms with Crippen molar-refractivity contribution in [1.29, 1.82) is 0 Å². The first-order valence-corrected chi connectivity index (χ1v) is 10.1. The molecule has 1 aliphatic rings. The van der Waals surface area contributed by atoms with Crippen LogP contribution in [0.5, 0.6) is 5.75 Å². The molecule has 0 spiro atoms. The maximum atomic E-state index is 12.2. The average Bonchev–Trinajstić information content (AvgIpc) is 2.71. The minimum absolute atomic E-state index is 0.0648. The monoisotopic (exact) mass is 436 g/mol. The highest BCUT2D eigenvalue weighted by Crippen LogP contribution is 2.36. The number of carboxylic acids is 1.